The van der Waals surface area contributed by atoms with Crippen LogP contribution in [0.2, 0.25) is 0 Å². The molecule has 0 saturated carbocycles. The number of aromatic nitrogens is 1. The van der Waals surface area contributed by atoms with E-state index in [0.717, 1.165) is 61.1 Å². The van der Waals surface area contributed by atoms with E-state index in [-0.39, 0.29) is 11.8 Å². The van der Waals surface area contributed by atoms with Crippen LogP contribution >= 0.6 is 0 Å². The van der Waals surface area contributed by atoms with Crippen LogP contribution in [-0.2, 0) is 0 Å². The highest BCUT2D eigenvalue weighted by atomic mass is 16.2. The largest absolute Gasteiger partial charge is 0.307 e. The van der Waals surface area contributed by atoms with Crippen molar-refractivity contribution in [2.75, 3.05) is 4.90 Å². The number of fused-ring (bicyclic) bond motifs is 2. The molecule has 2 amide bonds. The first-order valence-corrected chi connectivity index (χ1v) is 19.0. The number of para-hydroxylation sites is 1. The average Bonchev–Trinajstić information content (AvgIpc) is 3.74. The molecule has 0 saturated heterocycles. The van der Waals surface area contributed by atoms with Crippen LogP contribution < -0.4 is 4.90 Å². The molecule has 1 aromatic heterocycles. The second-order valence-electron chi connectivity index (χ2n) is 13.2. The van der Waals surface area contributed by atoms with E-state index in [9.17, 15) is 4.79 Å². The van der Waals surface area contributed by atoms with E-state index >= 15 is 4.79 Å². The molecule has 270 valence electrons. The first-order chi connectivity index (χ1) is 27.7. The Hall–Kier alpha value is -7.30. The number of hydrogen-bond donors (Lipinski definition) is 0. The predicted octanol–water partition coefficient (Wildman–Crippen LogP) is 13.3. The topological polar surface area (TPSA) is 42.3 Å². The molecule has 0 unspecified atom stereocenters. The molecule has 0 radical (unpaired) electrons. The van der Waals surface area contributed by atoms with Gasteiger partial charge in [0.05, 0.1) is 33.7 Å². The zero-order valence-electron chi connectivity index (χ0n) is 31.4. The Morgan fingerprint density at radius 2 is 0.964 bits per heavy atom. The fraction of sp³-hybridized carbons (Fsp3) is 0.0385. The average molecular weight is 725 g/mol. The van der Waals surface area contributed by atoms with Crippen molar-refractivity contribution in [3.05, 3.63) is 211 Å². The highest BCUT2D eigenvalue weighted by Gasteiger charge is 2.41. The molecule has 2 heterocycles. The van der Waals surface area contributed by atoms with E-state index in [2.05, 4.69) is 71.8 Å². The highest BCUT2D eigenvalue weighted by Crippen LogP contribution is 2.46. The lowest BCUT2D eigenvalue weighted by Crippen LogP contribution is -2.30. The van der Waals surface area contributed by atoms with Gasteiger partial charge in [-0.15, -0.1) is 0 Å². The molecule has 0 spiro atoms. The number of allylic oxidation sites excluding steroid dienone is 2. The van der Waals surface area contributed by atoms with Gasteiger partial charge in [0.25, 0.3) is 11.8 Å². The number of carbonyl (C=O) groups excluding carboxylic acids is 2. The van der Waals surface area contributed by atoms with E-state index < -0.39 is 0 Å². The third kappa shape index (κ3) is 6.08. The van der Waals surface area contributed by atoms with Crippen molar-refractivity contribution in [1.29, 1.82) is 0 Å². The molecule has 0 aliphatic carbocycles. The second kappa shape index (κ2) is 15.6. The van der Waals surface area contributed by atoms with Gasteiger partial charge in [-0.25, -0.2) is 4.90 Å². The second-order valence-corrected chi connectivity index (χ2v) is 13.2. The zero-order valence-corrected chi connectivity index (χ0v) is 31.4. The Bertz CT molecular complexity index is 2750. The van der Waals surface area contributed by atoms with Gasteiger partial charge in [-0.05, 0) is 46.0 Å². The SMILES string of the molecule is C=C/C=C\c1c(-c2ccccc2)n(-c2cccc3c2C(=O)N(c2cccc(-c4ccccc4)c2-c2ccccc2)C3=O)c2c(-c3ccccc3)cccc12.CC. The van der Waals surface area contributed by atoms with Crippen LogP contribution in [0.5, 0.6) is 0 Å². The molecular weight excluding hydrogens is 685 g/mol. The van der Waals surface area contributed by atoms with E-state index in [1.54, 1.807) is 12.1 Å². The summed E-state index contributed by atoms with van der Waals surface area (Å²) in [6.07, 6.45) is 5.79. The van der Waals surface area contributed by atoms with Gasteiger partial charge in [0.15, 0.2) is 0 Å². The minimum atomic E-state index is -0.366. The summed E-state index contributed by atoms with van der Waals surface area (Å²) in [6, 6.07) is 58.3. The van der Waals surface area contributed by atoms with E-state index in [1.807, 2.05) is 135 Å². The molecule has 0 fully saturated rings. The Morgan fingerprint density at radius 1 is 0.464 bits per heavy atom. The Morgan fingerprint density at radius 3 is 1.57 bits per heavy atom. The molecule has 8 aromatic rings. The third-order valence-corrected chi connectivity index (χ3v) is 10.1. The standard InChI is InChI=1S/C50H34N2O2.C2H6/c1-2-3-27-40-41-30-16-29-39(35-21-10-5-11-22-35)48(41)51(47(40)37-25-14-7-15-26-37)44-33-18-31-42-46(44)50(54)52(49(42)53)43-32-17-28-38(34-19-8-4-9-20-34)45(43)36-23-12-6-13-24-36;1-2/h2-33H,1H2;1-2H3/b27-3-;. The lowest BCUT2D eigenvalue weighted by molar-refractivity contribution is 0.0926. The third-order valence-electron chi connectivity index (χ3n) is 10.1. The molecule has 9 rings (SSSR count). The van der Waals surface area contributed by atoms with Crippen LogP contribution in [0.3, 0.4) is 0 Å². The maximum atomic E-state index is 15.2. The van der Waals surface area contributed by atoms with Crippen molar-refractivity contribution in [3.63, 3.8) is 0 Å². The van der Waals surface area contributed by atoms with Crippen molar-refractivity contribution in [2.24, 2.45) is 0 Å². The van der Waals surface area contributed by atoms with Crippen LogP contribution in [0.4, 0.5) is 5.69 Å². The van der Waals surface area contributed by atoms with E-state index in [0.29, 0.717) is 22.5 Å². The van der Waals surface area contributed by atoms with Crippen LogP contribution in [0, 0.1) is 0 Å². The number of benzene rings is 7. The van der Waals surface area contributed by atoms with Gasteiger partial charge < -0.3 is 4.57 Å². The van der Waals surface area contributed by atoms with Crippen molar-refractivity contribution in [1.82, 2.24) is 4.57 Å². The number of imide groups is 1. The Labute approximate surface area is 327 Å². The number of nitrogens with zero attached hydrogens (tertiary/aromatic N) is 2. The van der Waals surface area contributed by atoms with E-state index in [1.165, 1.54) is 4.90 Å². The van der Waals surface area contributed by atoms with Crippen LogP contribution in [0.1, 0.15) is 40.1 Å². The van der Waals surface area contributed by atoms with Gasteiger partial charge in [-0.1, -0.05) is 196 Å². The summed E-state index contributed by atoms with van der Waals surface area (Å²) in [5.41, 5.74) is 11.4. The lowest BCUT2D eigenvalue weighted by Gasteiger charge is -2.22. The highest BCUT2D eigenvalue weighted by molar-refractivity contribution is 6.36. The molecule has 1 aliphatic rings. The first kappa shape index (κ1) is 35.7. The van der Waals surface area contributed by atoms with Gasteiger partial charge in [0.2, 0.25) is 0 Å². The van der Waals surface area contributed by atoms with Crippen LogP contribution in [-0.4, -0.2) is 16.4 Å². The van der Waals surface area contributed by atoms with Gasteiger partial charge >= 0.3 is 0 Å². The van der Waals surface area contributed by atoms with Crippen molar-refractivity contribution < 1.29 is 9.59 Å². The summed E-state index contributed by atoms with van der Waals surface area (Å²) >= 11 is 0. The molecule has 4 nitrogen and oxygen atoms in total. The molecule has 0 N–H and O–H groups in total. The van der Waals surface area contributed by atoms with Crippen LogP contribution in [0.25, 0.3) is 67.3 Å². The fourth-order valence-electron chi connectivity index (χ4n) is 7.83. The van der Waals surface area contributed by atoms with Crippen molar-refractivity contribution in [2.45, 2.75) is 13.8 Å². The quantitative estimate of drug-likeness (QED) is 0.116. The Balaban J connectivity index is 0.00000217. The van der Waals surface area contributed by atoms with Gasteiger partial charge in [-0.2, -0.15) is 0 Å². The zero-order chi connectivity index (χ0) is 38.6. The minimum Gasteiger partial charge on any atom is -0.307 e. The van der Waals surface area contributed by atoms with Gasteiger partial charge in [-0.3, -0.25) is 9.59 Å². The summed E-state index contributed by atoms with van der Waals surface area (Å²) in [5, 5.41) is 1.02. The summed E-state index contributed by atoms with van der Waals surface area (Å²) in [5.74, 6) is -0.721. The van der Waals surface area contributed by atoms with Gasteiger partial charge in [0, 0.05) is 22.1 Å². The number of amides is 2. The predicted molar refractivity (Wildman–Crippen MR) is 233 cm³/mol. The van der Waals surface area contributed by atoms with Gasteiger partial charge in [0.1, 0.15) is 0 Å². The fourth-order valence-corrected chi connectivity index (χ4v) is 7.83. The normalized spacial score (nSPS) is 12.1. The molecule has 0 bridgehead atoms. The maximum absolute atomic E-state index is 15.2. The molecule has 56 heavy (non-hydrogen) atoms. The minimum absolute atomic E-state index is 0.355. The first-order valence-electron chi connectivity index (χ1n) is 19.0. The number of carbonyl (C=O) groups is 2. The van der Waals surface area contributed by atoms with Crippen LogP contribution in [0.15, 0.2) is 195 Å². The molecule has 0 atom stereocenters. The van der Waals surface area contributed by atoms with Crippen molar-refractivity contribution in [3.8, 4) is 50.3 Å². The molecular formula is C52H40N2O2. The van der Waals surface area contributed by atoms with Crippen molar-refractivity contribution >= 4 is 34.5 Å². The summed E-state index contributed by atoms with van der Waals surface area (Å²) < 4.78 is 2.18. The molecule has 4 heteroatoms. The summed E-state index contributed by atoms with van der Waals surface area (Å²) in [6.45, 7) is 7.96. The number of rotatable bonds is 8. The number of hydrogen-bond acceptors (Lipinski definition) is 2. The molecule has 1 aliphatic heterocycles. The molecule has 7 aromatic carbocycles. The monoisotopic (exact) mass is 724 g/mol. The summed E-state index contributed by atoms with van der Waals surface area (Å²) in [4.78, 5) is 31.3. The summed E-state index contributed by atoms with van der Waals surface area (Å²) in [7, 11) is 0. The number of anilines is 1. The smallest absolute Gasteiger partial charge is 0.268 e. The maximum Gasteiger partial charge on any atom is 0.268 e. The van der Waals surface area contributed by atoms with E-state index in [4.69, 9.17) is 0 Å². The lowest BCUT2D eigenvalue weighted by atomic mass is 9.92. The Kier molecular flexibility index (Phi) is 9.94.